The van der Waals surface area contributed by atoms with Crippen LogP contribution in [0.25, 0.3) is 0 Å². The molecular weight excluding hydrogens is 384 g/mol. The minimum atomic E-state index is -0.334. The number of nitrogens with zero attached hydrogens (tertiary/aromatic N) is 1. The topological polar surface area (TPSA) is 78.8 Å². The molecule has 0 saturated heterocycles. The first-order valence-electron chi connectivity index (χ1n) is 9.49. The molecule has 0 saturated carbocycles. The van der Waals surface area contributed by atoms with Crippen molar-refractivity contribution in [2.45, 2.75) is 13.5 Å². The highest BCUT2D eigenvalue weighted by molar-refractivity contribution is 6.04. The third kappa shape index (κ3) is 5.00. The maximum atomic E-state index is 12.8. The Labute approximate surface area is 174 Å². The van der Waals surface area contributed by atoms with Gasteiger partial charge in [-0.2, -0.15) is 0 Å². The van der Waals surface area contributed by atoms with Crippen molar-refractivity contribution in [3.63, 3.8) is 0 Å². The van der Waals surface area contributed by atoms with Crippen LogP contribution in [0.15, 0.2) is 65.6 Å². The van der Waals surface area contributed by atoms with Gasteiger partial charge < -0.3 is 24.1 Å². The van der Waals surface area contributed by atoms with Crippen molar-refractivity contribution < 1.29 is 19.0 Å². The average molecular weight is 408 g/mol. The summed E-state index contributed by atoms with van der Waals surface area (Å²) >= 11 is 0. The predicted octanol–water partition coefficient (Wildman–Crippen LogP) is 3.56. The molecule has 1 aromatic heterocycles. The first kappa shape index (κ1) is 21.0. The Bertz CT molecular complexity index is 1070. The van der Waals surface area contributed by atoms with Crippen LogP contribution in [-0.2, 0) is 6.54 Å². The number of para-hydroxylation sites is 2. The van der Waals surface area contributed by atoms with Crippen molar-refractivity contribution in [2.75, 3.05) is 26.1 Å². The molecule has 1 heterocycles. The minimum absolute atomic E-state index is 0.219. The highest BCUT2D eigenvalue weighted by Crippen LogP contribution is 2.25. The molecule has 2 aromatic carbocycles. The van der Waals surface area contributed by atoms with E-state index in [1.165, 1.54) is 22.9 Å². The quantitative estimate of drug-likeness (QED) is 0.617. The number of rotatable bonds is 8. The average Bonchev–Trinajstić information content (AvgIpc) is 2.76. The van der Waals surface area contributed by atoms with E-state index >= 15 is 0 Å². The first-order chi connectivity index (χ1) is 14.5. The summed E-state index contributed by atoms with van der Waals surface area (Å²) in [6, 6.07) is 15.5. The summed E-state index contributed by atoms with van der Waals surface area (Å²) in [6.07, 6.45) is 1.53. The van der Waals surface area contributed by atoms with Crippen molar-refractivity contribution in [2.24, 2.45) is 0 Å². The van der Waals surface area contributed by atoms with E-state index in [-0.39, 0.29) is 18.0 Å². The monoisotopic (exact) mass is 408 g/mol. The number of carbonyl (C=O) groups is 1. The molecule has 0 aliphatic carbocycles. The smallest absolute Gasteiger partial charge is 0.257 e. The Balaban J connectivity index is 1.85. The van der Waals surface area contributed by atoms with E-state index in [4.69, 9.17) is 14.2 Å². The van der Waals surface area contributed by atoms with E-state index in [2.05, 4.69) is 5.32 Å². The van der Waals surface area contributed by atoms with Crippen molar-refractivity contribution in [3.8, 4) is 17.2 Å². The Kier molecular flexibility index (Phi) is 6.75. The summed E-state index contributed by atoms with van der Waals surface area (Å²) in [5, 5.41) is 2.84. The standard InChI is InChI=1S/C23H24N2O5/c1-4-30-21-8-6-5-7-20(21)24-23(27)17-9-10-22(26)25(15-17)14-16-11-18(28-2)13-19(12-16)29-3/h5-13,15H,4,14H2,1-3H3,(H,24,27). The molecule has 7 heteroatoms. The molecule has 0 radical (unpaired) electrons. The zero-order valence-corrected chi connectivity index (χ0v) is 17.2. The van der Waals surface area contributed by atoms with Crippen LogP contribution in [0.5, 0.6) is 17.2 Å². The fourth-order valence-electron chi connectivity index (χ4n) is 2.99. The Hall–Kier alpha value is -3.74. The number of pyridine rings is 1. The second kappa shape index (κ2) is 9.65. The fourth-order valence-corrected chi connectivity index (χ4v) is 2.99. The SMILES string of the molecule is CCOc1ccccc1NC(=O)c1ccc(=O)n(Cc2cc(OC)cc(OC)c2)c1. The summed E-state index contributed by atoms with van der Waals surface area (Å²) in [4.78, 5) is 25.1. The Morgan fingerprint density at radius 2 is 1.70 bits per heavy atom. The van der Waals surface area contributed by atoms with E-state index in [0.717, 1.165) is 5.56 Å². The normalized spacial score (nSPS) is 10.4. The van der Waals surface area contributed by atoms with Crippen LogP contribution in [-0.4, -0.2) is 31.3 Å². The minimum Gasteiger partial charge on any atom is -0.497 e. The molecule has 0 bridgehead atoms. The number of hydrogen-bond donors (Lipinski definition) is 1. The maximum Gasteiger partial charge on any atom is 0.257 e. The van der Waals surface area contributed by atoms with Crippen LogP contribution in [0.1, 0.15) is 22.8 Å². The van der Waals surface area contributed by atoms with E-state index in [1.54, 1.807) is 32.4 Å². The number of hydrogen-bond acceptors (Lipinski definition) is 5. The van der Waals surface area contributed by atoms with E-state index in [0.29, 0.717) is 35.1 Å². The number of aromatic nitrogens is 1. The number of amides is 1. The summed E-state index contributed by atoms with van der Waals surface area (Å²) in [5.74, 6) is 1.50. The zero-order valence-electron chi connectivity index (χ0n) is 17.2. The molecule has 0 unspecified atom stereocenters. The van der Waals surface area contributed by atoms with E-state index in [9.17, 15) is 9.59 Å². The lowest BCUT2D eigenvalue weighted by atomic mass is 10.2. The van der Waals surface area contributed by atoms with Gasteiger partial charge in [0.2, 0.25) is 0 Å². The number of ether oxygens (including phenoxy) is 3. The van der Waals surface area contributed by atoms with Gasteiger partial charge in [0.15, 0.2) is 0 Å². The van der Waals surface area contributed by atoms with Gasteiger partial charge in [-0.25, -0.2) is 0 Å². The number of nitrogens with one attached hydrogen (secondary N) is 1. The summed E-state index contributed by atoms with van der Waals surface area (Å²) in [5.41, 5.74) is 1.52. The van der Waals surface area contributed by atoms with Crippen LogP contribution in [0.3, 0.4) is 0 Å². The second-order valence-electron chi connectivity index (χ2n) is 6.49. The first-order valence-corrected chi connectivity index (χ1v) is 9.49. The Morgan fingerprint density at radius 1 is 1.00 bits per heavy atom. The number of methoxy groups -OCH3 is 2. The molecule has 1 amide bonds. The van der Waals surface area contributed by atoms with Crippen molar-refractivity contribution >= 4 is 11.6 Å². The molecule has 30 heavy (non-hydrogen) atoms. The number of anilines is 1. The van der Waals surface area contributed by atoms with Crippen LogP contribution >= 0.6 is 0 Å². The number of carbonyl (C=O) groups excluding carboxylic acids is 1. The van der Waals surface area contributed by atoms with E-state index < -0.39 is 0 Å². The lowest BCUT2D eigenvalue weighted by molar-refractivity contribution is 0.102. The lowest BCUT2D eigenvalue weighted by Crippen LogP contribution is -2.22. The molecule has 0 spiro atoms. The van der Waals surface area contributed by atoms with Crippen LogP contribution in [0.4, 0.5) is 5.69 Å². The molecule has 0 aliphatic heterocycles. The van der Waals surface area contributed by atoms with Crippen molar-refractivity contribution in [3.05, 3.63) is 82.3 Å². The van der Waals surface area contributed by atoms with Gasteiger partial charge >= 0.3 is 0 Å². The van der Waals surface area contributed by atoms with Gasteiger partial charge in [-0.15, -0.1) is 0 Å². The molecule has 7 nitrogen and oxygen atoms in total. The van der Waals surface area contributed by atoms with Gasteiger partial charge in [-0.05, 0) is 42.8 Å². The number of benzene rings is 2. The second-order valence-corrected chi connectivity index (χ2v) is 6.49. The molecule has 0 aliphatic rings. The summed E-state index contributed by atoms with van der Waals surface area (Å²) < 4.78 is 17.6. The summed E-state index contributed by atoms with van der Waals surface area (Å²) in [6.45, 7) is 2.63. The third-order valence-electron chi connectivity index (χ3n) is 4.44. The van der Waals surface area contributed by atoms with Gasteiger partial charge in [0.25, 0.3) is 11.5 Å². The van der Waals surface area contributed by atoms with Crippen LogP contribution in [0.2, 0.25) is 0 Å². The van der Waals surface area contributed by atoms with Gasteiger partial charge in [-0.1, -0.05) is 12.1 Å². The molecule has 3 aromatic rings. The van der Waals surface area contributed by atoms with Gasteiger partial charge in [0.05, 0.1) is 38.6 Å². The van der Waals surface area contributed by atoms with Crippen molar-refractivity contribution in [1.29, 1.82) is 0 Å². The largest absolute Gasteiger partial charge is 0.497 e. The third-order valence-corrected chi connectivity index (χ3v) is 4.44. The Morgan fingerprint density at radius 3 is 2.37 bits per heavy atom. The highest BCUT2D eigenvalue weighted by Gasteiger charge is 2.12. The van der Waals surface area contributed by atoms with Gasteiger partial charge in [-0.3, -0.25) is 9.59 Å². The molecule has 0 atom stereocenters. The molecule has 1 N–H and O–H groups in total. The molecular formula is C23H24N2O5. The van der Waals surface area contributed by atoms with Gasteiger partial charge in [0.1, 0.15) is 17.2 Å². The van der Waals surface area contributed by atoms with Crippen LogP contribution in [0, 0.1) is 0 Å². The summed E-state index contributed by atoms with van der Waals surface area (Å²) in [7, 11) is 3.13. The molecule has 0 fully saturated rings. The fraction of sp³-hybridized carbons (Fsp3) is 0.217. The van der Waals surface area contributed by atoms with Crippen LogP contribution < -0.4 is 25.1 Å². The van der Waals surface area contributed by atoms with Gasteiger partial charge in [0, 0.05) is 18.3 Å². The highest BCUT2D eigenvalue weighted by atomic mass is 16.5. The lowest BCUT2D eigenvalue weighted by Gasteiger charge is -2.13. The maximum absolute atomic E-state index is 12.8. The van der Waals surface area contributed by atoms with Crippen molar-refractivity contribution in [1.82, 2.24) is 4.57 Å². The molecule has 3 rings (SSSR count). The predicted molar refractivity (Wildman–Crippen MR) is 115 cm³/mol. The zero-order chi connectivity index (χ0) is 21.5. The molecule has 156 valence electrons. The van der Waals surface area contributed by atoms with E-state index in [1.807, 2.05) is 31.2 Å².